The highest BCUT2D eigenvalue weighted by Crippen LogP contribution is 2.31. The molecular formula is C20H23N5O6. The number of para-hydroxylation sites is 2. The Morgan fingerprint density at radius 2 is 1.77 bits per heavy atom. The van der Waals surface area contributed by atoms with Crippen LogP contribution >= 0.6 is 0 Å². The monoisotopic (exact) mass is 429 g/mol. The van der Waals surface area contributed by atoms with Crippen LogP contribution in [-0.2, 0) is 16.1 Å². The van der Waals surface area contributed by atoms with Gasteiger partial charge in [-0.1, -0.05) is 12.1 Å². The lowest BCUT2D eigenvalue weighted by Gasteiger charge is -2.37. The van der Waals surface area contributed by atoms with Crippen LogP contribution in [0.3, 0.4) is 0 Å². The van der Waals surface area contributed by atoms with E-state index < -0.39 is 11.0 Å². The molecule has 4 rings (SSSR count). The highest BCUT2D eigenvalue weighted by molar-refractivity contribution is 5.82. The van der Waals surface area contributed by atoms with Gasteiger partial charge in [0.1, 0.15) is 24.5 Å². The molecule has 1 aromatic heterocycles. The second-order valence-corrected chi connectivity index (χ2v) is 7.50. The number of benzene rings is 1. The van der Waals surface area contributed by atoms with Crippen LogP contribution in [0.1, 0.15) is 11.4 Å². The maximum Gasteiger partial charge on any atom is 0.312 e. The lowest BCUT2D eigenvalue weighted by molar-refractivity contribution is -0.386. The van der Waals surface area contributed by atoms with Crippen molar-refractivity contribution in [3.8, 4) is 11.5 Å². The third kappa shape index (κ3) is 4.03. The molecule has 0 radical (unpaired) electrons. The summed E-state index contributed by atoms with van der Waals surface area (Å²) in [6.07, 6.45) is -0.715. The number of rotatable bonds is 4. The number of carbonyl (C=O) groups is 2. The average molecular weight is 429 g/mol. The van der Waals surface area contributed by atoms with Crippen molar-refractivity contribution in [3.63, 3.8) is 0 Å². The summed E-state index contributed by atoms with van der Waals surface area (Å²) < 4.78 is 12.8. The summed E-state index contributed by atoms with van der Waals surface area (Å²) in [7, 11) is 0. The fourth-order valence-corrected chi connectivity index (χ4v) is 3.85. The molecule has 1 atom stereocenters. The van der Waals surface area contributed by atoms with Gasteiger partial charge in [0.05, 0.1) is 4.92 Å². The minimum Gasteiger partial charge on any atom is -0.485 e. The summed E-state index contributed by atoms with van der Waals surface area (Å²) >= 11 is 0. The summed E-state index contributed by atoms with van der Waals surface area (Å²) in [6, 6.07) is 7.20. The van der Waals surface area contributed by atoms with Crippen LogP contribution in [0.5, 0.6) is 11.5 Å². The van der Waals surface area contributed by atoms with Gasteiger partial charge in [0.15, 0.2) is 11.5 Å². The first kappa shape index (κ1) is 20.6. The number of nitro groups is 1. The van der Waals surface area contributed by atoms with Gasteiger partial charge < -0.3 is 19.3 Å². The van der Waals surface area contributed by atoms with E-state index in [9.17, 15) is 19.7 Å². The van der Waals surface area contributed by atoms with Crippen LogP contribution in [0.4, 0.5) is 5.69 Å². The van der Waals surface area contributed by atoms with E-state index in [4.69, 9.17) is 9.47 Å². The van der Waals surface area contributed by atoms with Crippen LogP contribution in [0.25, 0.3) is 0 Å². The van der Waals surface area contributed by atoms with Crippen LogP contribution in [0.2, 0.25) is 0 Å². The minimum absolute atomic E-state index is 0.0699. The van der Waals surface area contributed by atoms with E-state index in [0.717, 1.165) is 0 Å². The molecule has 1 aromatic carbocycles. The summed E-state index contributed by atoms with van der Waals surface area (Å²) in [5.41, 5.74) is 0.556. The van der Waals surface area contributed by atoms with Crippen LogP contribution in [-0.4, -0.2) is 75.2 Å². The summed E-state index contributed by atoms with van der Waals surface area (Å²) in [4.78, 5) is 39.5. The van der Waals surface area contributed by atoms with E-state index in [1.807, 2.05) is 12.1 Å². The van der Waals surface area contributed by atoms with E-state index in [-0.39, 0.29) is 36.3 Å². The van der Waals surface area contributed by atoms with Crippen LogP contribution in [0.15, 0.2) is 24.3 Å². The minimum atomic E-state index is -0.715. The molecule has 164 valence electrons. The Morgan fingerprint density at radius 1 is 1.13 bits per heavy atom. The van der Waals surface area contributed by atoms with Gasteiger partial charge in [-0.25, -0.2) is 0 Å². The molecule has 2 aliphatic rings. The lowest BCUT2D eigenvalue weighted by Crippen LogP contribution is -2.55. The predicted octanol–water partition coefficient (Wildman–Crippen LogP) is 0.919. The average Bonchev–Trinajstić information content (AvgIpc) is 3.05. The molecule has 31 heavy (non-hydrogen) atoms. The molecule has 2 amide bonds. The Labute approximate surface area is 178 Å². The molecule has 2 aromatic rings. The number of nitrogens with zero attached hydrogens (tertiary/aromatic N) is 5. The molecule has 0 bridgehead atoms. The summed E-state index contributed by atoms with van der Waals surface area (Å²) in [5, 5.41) is 15.3. The second kappa shape index (κ2) is 8.25. The Kier molecular flexibility index (Phi) is 5.49. The standard InChI is InChI=1S/C20H23N5O6/c1-13-19(25(28)29)14(2)24(21-13)11-18(26)22-7-9-23(10-8-22)20(27)17-12-30-15-5-3-4-6-16(15)31-17/h3-6,17H,7-12H2,1-2H3. The predicted molar refractivity (Wildman–Crippen MR) is 108 cm³/mol. The van der Waals surface area contributed by atoms with Crippen molar-refractivity contribution < 1.29 is 24.0 Å². The Hall–Kier alpha value is -3.63. The third-order valence-electron chi connectivity index (χ3n) is 5.54. The lowest BCUT2D eigenvalue weighted by atomic mass is 10.2. The maximum absolute atomic E-state index is 12.8. The van der Waals surface area contributed by atoms with E-state index in [1.165, 1.54) is 4.68 Å². The number of carbonyl (C=O) groups excluding carboxylic acids is 2. The number of amides is 2. The van der Waals surface area contributed by atoms with E-state index >= 15 is 0 Å². The molecule has 11 heteroatoms. The van der Waals surface area contributed by atoms with Gasteiger partial charge in [0.2, 0.25) is 12.0 Å². The van der Waals surface area contributed by atoms with Crippen molar-refractivity contribution in [2.75, 3.05) is 32.8 Å². The second-order valence-electron chi connectivity index (χ2n) is 7.50. The van der Waals surface area contributed by atoms with Crippen molar-refractivity contribution in [3.05, 3.63) is 45.8 Å². The molecule has 0 saturated carbocycles. The maximum atomic E-state index is 12.8. The number of aromatic nitrogens is 2. The normalized spacial score (nSPS) is 18.1. The Balaban J connectivity index is 1.33. The molecule has 1 unspecified atom stereocenters. The highest BCUT2D eigenvalue weighted by atomic mass is 16.6. The van der Waals surface area contributed by atoms with Crippen molar-refractivity contribution in [1.82, 2.24) is 19.6 Å². The van der Waals surface area contributed by atoms with Gasteiger partial charge in [-0.15, -0.1) is 0 Å². The van der Waals surface area contributed by atoms with Crippen molar-refractivity contribution in [1.29, 1.82) is 0 Å². The van der Waals surface area contributed by atoms with Gasteiger partial charge in [-0.05, 0) is 26.0 Å². The summed E-state index contributed by atoms with van der Waals surface area (Å²) in [5.74, 6) is 0.792. The molecule has 0 N–H and O–H groups in total. The Bertz CT molecular complexity index is 1030. The smallest absolute Gasteiger partial charge is 0.312 e. The van der Waals surface area contributed by atoms with Gasteiger partial charge in [-0.3, -0.25) is 24.4 Å². The number of hydrogen-bond acceptors (Lipinski definition) is 7. The fourth-order valence-electron chi connectivity index (χ4n) is 3.85. The fraction of sp³-hybridized carbons (Fsp3) is 0.450. The first-order valence-corrected chi connectivity index (χ1v) is 9.98. The molecule has 0 spiro atoms. The number of hydrogen-bond donors (Lipinski definition) is 0. The number of ether oxygens (including phenoxy) is 2. The Morgan fingerprint density at radius 3 is 2.42 bits per heavy atom. The largest absolute Gasteiger partial charge is 0.485 e. The third-order valence-corrected chi connectivity index (χ3v) is 5.54. The van der Waals surface area contributed by atoms with E-state index in [1.54, 1.807) is 35.8 Å². The van der Waals surface area contributed by atoms with Crippen LogP contribution < -0.4 is 9.47 Å². The first-order valence-electron chi connectivity index (χ1n) is 9.98. The molecule has 2 aliphatic heterocycles. The zero-order chi connectivity index (χ0) is 22.1. The van der Waals surface area contributed by atoms with Crippen molar-refractivity contribution >= 4 is 17.5 Å². The van der Waals surface area contributed by atoms with Gasteiger partial charge >= 0.3 is 5.69 Å². The zero-order valence-corrected chi connectivity index (χ0v) is 17.3. The molecule has 11 nitrogen and oxygen atoms in total. The summed E-state index contributed by atoms with van der Waals surface area (Å²) in [6.45, 7) is 4.69. The van der Waals surface area contributed by atoms with Gasteiger partial charge in [0, 0.05) is 26.2 Å². The number of aryl methyl sites for hydroxylation is 1. The topological polar surface area (TPSA) is 120 Å². The first-order chi connectivity index (χ1) is 14.8. The van der Waals surface area contributed by atoms with E-state index in [0.29, 0.717) is 43.4 Å². The van der Waals surface area contributed by atoms with Crippen molar-refractivity contribution in [2.45, 2.75) is 26.5 Å². The molecular weight excluding hydrogens is 406 g/mol. The number of fused-ring (bicyclic) bond motifs is 1. The molecule has 1 fully saturated rings. The molecule has 0 aliphatic carbocycles. The molecule has 3 heterocycles. The number of piperazine rings is 1. The van der Waals surface area contributed by atoms with Gasteiger partial charge in [0.25, 0.3) is 5.91 Å². The quantitative estimate of drug-likeness (QED) is 0.523. The van der Waals surface area contributed by atoms with Gasteiger partial charge in [-0.2, -0.15) is 5.10 Å². The SMILES string of the molecule is Cc1nn(CC(=O)N2CCN(C(=O)C3COc4ccccc4O3)CC2)c(C)c1[N+](=O)[O-]. The highest BCUT2D eigenvalue weighted by Gasteiger charge is 2.33. The van der Waals surface area contributed by atoms with E-state index in [2.05, 4.69) is 5.10 Å². The van der Waals surface area contributed by atoms with Crippen molar-refractivity contribution in [2.24, 2.45) is 0 Å². The molecule has 1 saturated heterocycles. The zero-order valence-electron chi connectivity index (χ0n) is 17.3. The van der Waals surface area contributed by atoms with Crippen LogP contribution in [0, 0.1) is 24.0 Å².